The molecule has 0 saturated carbocycles. The van der Waals surface area contributed by atoms with Gasteiger partial charge >= 0.3 is 6.03 Å². The van der Waals surface area contributed by atoms with Crippen LogP contribution < -0.4 is 14.8 Å². The van der Waals surface area contributed by atoms with Crippen LogP contribution in [0.5, 0.6) is 11.5 Å². The number of carbonyl (C=O) groups is 1. The summed E-state index contributed by atoms with van der Waals surface area (Å²) in [6.45, 7) is 4.25. The van der Waals surface area contributed by atoms with Gasteiger partial charge in [0.25, 0.3) is 15.7 Å². The number of nitro benzene ring substituents is 1. The first-order chi connectivity index (χ1) is 14.6. The summed E-state index contributed by atoms with van der Waals surface area (Å²) >= 11 is 3.34. The van der Waals surface area contributed by atoms with Crippen molar-refractivity contribution in [2.45, 2.75) is 44.4 Å². The van der Waals surface area contributed by atoms with E-state index in [4.69, 9.17) is 4.74 Å². The highest BCUT2D eigenvalue weighted by atomic mass is 79.9. The lowest BCUT2D eigenvalue weighted by Crippen LogP contribution is -2.39. The first kappa shape index (κ1) is 24.6. The number of urea groups is 1. The number of carbonyl (C=O) groups excluding carboxylic acids is 1. The molecule has 0 aliphatic carbocycles. The van der Waals surface area contributed by atoms with E-state index in [-0.39, 0.29) is 5.75 Å². The number of nitrogens with zero attached hydrogens (tertiary/aromatic N) is 1. The van der Waals surface area contributed by atoms with Crippen molar-refractivity contribution in [2.75, 3.05) is 6.54 Å². The highest BCUT2D eigenvalue weighted by Crippen LogP contribution is 2.35. The lowest BCUT2D eigenvalue weighted by molar-refractivity contribution is -0.385. The van der Waals surface area contributed by atoms with E-state index in [1.807, 2.05) is 11.6 Å². The van der Waals surface area contributed by atoms with Crippen LogP contribution in [0.2, 0.25) is 0 Å². The van der Waals surface area contributed by atoms with Crippen LogP contribution in [-0.2, 0) is 10.0 Å². The number of amides is 2. The predicted octanol–water partition coefficient (Wildman–Crippen LogP) is 5.03. The van der Waals surface area contributed by atoms with E-state index in [0.717, 1.165) is 37.0 Å². The Bertz CT molecular complexity index is 1060. The first-order valence-electron chi connectivity index (χ1n) is 9.67. The van der Waals surface area contributed by atoms with Crippen LogP contribution in [0.15, 0.2) is 45.8 Å². The summed E-state index contributed by atoms with van der Waals surface area (Å²) in [4.78, 5) is 22.0. The van der Waals surface area contributed by atoms with Gasteiger partial charge in [0.2, 0.25) is 0 Å². The van der Waals surface area contributed by atoms with Gasteiger partial charge in [-0.05, 0) is 53.0 Å². The maximum absolute atomic E-state index is 12.8. The van der Waals surface area contributed by atoms with E-state index in [9.17, 15) is 23.3 Å². The molecule has 31 heavy (non-hydrogen) atoms. The molecule has 0 heterocycles. The fraction of sp³-hybridized carbons (Fsp3) is 0.350. The molecule has 0 aromatic heterocycles. The lowest BCUT2D eigenvalue weighted by Gasteiger charge is -2.14. The zero-order chi connectivity index (χ0) is 23.0. The van der Waals surface area contributed by atoms with Crippen LogP contribution in [0.25, 0.3) is 0 Å². The van der Waals surface area contributed by atoms with Crippen LogP contribution in [0.4, 0.5) is 10.5 Å². The molecule has 168 valence electrons. The molecule has 0 bridgehead atoms. The van der Waals surface area contributed by atoms with Crippen LogP contribution in [0.3, 0.4) is 0 Å². The molecular formula is C20H24BrN3O6S. The molecule has 11 heteroatoms. The molecule has 2 rings (SSSR count). The fourth-order valence-corrected chi connectivity index (χ4v) is 4.33. The molecule has 9 nitrogen and oxygen atoms in total. The second-order valence-corrected chi connectivity index (χ2v) is 9.35. The summed E-state index contributed by atoms with van der Waals surface area (Å²) in [6.07, 6.45) is 3.68. The molecule has 2 amide bonds. The Morgan fingerprint density at radius 2 is 1.84 bits per heavy atom. The number of unbranched alkanes of at least 4 members (excludes halogenated alkanes) is 3. The van der Waals surface area contributed by atoms with E-state index < -0.39 is 31.6 Å². The molecule has 0 radical (unpaired) electrons. The van der Waals surface area contributed by atoms with Crippen molar-refractivity contribution in [3.63, 3.8) is 0 Å². The van der Waals surface area contributed by atoms with Gasteiger partial charge in [0.15, 0.2) is 0 Å². The highest BCUT2D eigenvalue weighted by molar-refractivity contribution is 9.10. The van der Waals surface area contributed by atoms with Crippen molar-refractivity contribution in [1.29, 1.82) is 0 Å². The third kappa shape index (κ3) is 7.21. The molecule has 0 unspecified atom stereocenters. The standard InChI is InChI=1S/C20H24BrN3O6S/c1-3-4-5-6-11-22-20(25)23-31(28,29)19-13-15(24(26)27)8-10-18(19)30-17-9-7-14(2)12-16(17)21/h7-10,12-13H,3-6,11H2,1-2H3,(H2,22,23,25). The Kier molecular flexibility index (Phi) is 8.81. The van der Waals surface area contributed by atoms with Crippen molar-refractivity contribution in [2.24, 2.45) is 0 Å². The van der Waals surface area contributed by atoms with Gasteiger partial charge in [-0.25, -0.2) is 17.9 Å². The Morgan fingerprint density at radius 3 is 2.48 bits per heavy atom. The normalized spacial score (nSPS) is 11.1. The van der Waals surface area contributed by atoms with Gasteiger partial charge in [0.05, 0.1) is 9.40 Å². The number of halogens is 1. The molecule has 0 spiro atoms. The second-order valence-electron chi connectivity index (χ2n) is 6.85. The Labute approximate surface area is 189 Å². The van der Waals surface area contributed by atoms with Crippen LogP contribution >= 0.6 is 15.9 Å². The SMILES string of the molecule is CCCCCCNC(=O)NS(=O)(=O)c1cc([N+](=O)[O-])ccc1Oc1ccc(C)cc1Br. The second kappa shape index (κ2) is 11.1. The number of nitrogens with one attached hydrogen (secondary N) is 2. The van der Waals surface area contributed by atoms with Gasteiger partial charge < -0.3 is 10.1 Å². The maximum Gasteiger partial charge on any atom is 0.328 e. The molecular weight excluding hydrogens is 490 g/mol. The van der Waals surface area contributed by atoms with Gasteiger partial charge in [0, 0.05) is 18.7 Å². The number of hydrogen-bond acceptors (Lipinski definition) is 6. The summed E-state index contributed by atoms with van der Waals surface area (Å²) in [5.74, 6) is 0.162. The summed E-state index contributed by atoms with van der Waals surface area (Å²) in [7, 11) is -4.44. The summed E-state index contributed by atoms with van der Waals surface area (Å²) in [6, 6.07) is 7.43. The Hall–Kier alpha value is -2.66. The van der Waals surface area contributed by atoms with E-state index in [0.29, 0.717) is 23.2 Å². The van der Waals surface area contributed by atoms with Crippen molar-refractivity contribution >= 4 is 37.7 Å². The summed E-state index contributed by atoms with van der Waals surface area (Å²) in [5, 5.41) is 13.6. The Balaban J connectivity index is 2.27. The molecule has 0 aliphatic rings. The topological polar surface area (TPSA) is 128 Å². The molecule has 2 aromatic carbocycles. The monoisotopic (exact) mass is 513 g/mol. The first-order valence-corrected chi connectivity index (χ1v) is 11.9. The number of nitro groups is 1. The smallest absolute Gasteiger partial charge is 0.328 e. The number of hydrogen-bond donors (Lipinski definition) is 2. The van der Waals surface area contributed by atoms with E-state index in [1.54, 1.807) is 18.2 Å². The lowest BCUT2D eigenvalue weighted by atomic mass is 10.2. The average Bonchev–Trinajstić information content (AvgIpc) is 2.69. The van der Waals surface area contributed by atoms with Crippen molar-refractivity contribution < 1.29 is 22.9 Å². The molecule has 0 aliphatic heterocycles. The number of benzene rings is 2. The molecule has 0 atom stereocenters. The quantitative estimate of drug-likeness (QED) is 0.260. The van der Waals surface area contributed by atoms with Gasteiger partial charge in [-0.15, -0.1) is 0 Å². The van der Waals surface area contributed by atoms with E-state index >= 15 is 0 Å². The third-order valence-electron chi connectivity index (χ3n) is 4.28. The summed E-state index contributed by atoms with van der Waals surface area (Å²) in [5.41, 5.74) is 0.503. The van der Waals surface area contributed by atoms with Gasteiger partial charge in [-0.3, -0.25) is 10.1 Å². The number of non-ortho nitro benzene ring substituents is 1. The zero-order valence-electron chi connectivity index (χ0n) is 17.2. The van der Waals surface area contributed by atoms with Crippen LogP contribution in [0, 0.1) is 17.0 Å². The van der Waals surface area contributed by atoms with Gasteiger partial charge in [-0.2, -0.15) is 0 Å². The predicted molar refractivity (Wildman–Crippen MR) is 120 cm³/mol. The molecule has 0 fully saturated rings. The van der Waals surface area contributed by atoms with Gasteiger partial charge in [0.1, 0.15) is 16.4 Å². The van der Waals surface area contributed by atoms with Crippen molar-refractivity contribution in [3.05, 3.63) is 56.5 Å². The minimum absolute atomic E-state index is 0.154. The third-order valence-corrected chi connectivity index (χ3v) is 6.25. The molecule has 2 N–H and O–H groups in total. The van der Waals surface area contributed by atoms with Gasteiger partial charge in [-0.1, -0.05) is 32.3 Å². The van der Waals surface area contributed by atoms with E-state index in [1.165, 1.54) is 6.07 Å². The molecule has 0 saturated heterocycles. The average molecular weight is 514 g/mol. The maximum atomic E-state index is 12.8. The molecule has 2 aromatic rings. The minimum atomic E-state index is -4.44. The largest absolute Gasteiger partial charge is 0.455 e. The Morgan fingerprint density at radius 1 is 1.13 bits per heavy atom. The number of aryl methyl sites for hydroxylation is 1. The van der Waals surface area contributed by atoms with Crippen molar-refractivity contribution in [1.82, 2.24) is 10.0 Å². The summed E-state index contributed by atoms with van der Waals surface area (Å²) < 4.78 is 33.8. The minimum Gasteiger partial charge on any atom is -0.455 e. The number of rotatable bonds is 10. The van der Waals surface area contributed by atoms with Crippen LogP contribution in [-0.4, -0.2) is 25.9 Å². The zero-order valence-corrected chi connectivity index (χ0v) is 19.6. The highest BCUT2D eigenvalue weighted by Gasteiger charge is 2.26. The number of ether oxygens (including phenoxy) is 1. The van der Waals surface area contributed by atoms with E-state index in [2.05, 4.69) is 28.2 Å². The number of sulfonamides is 1. The van der Waals surface area contributed by atoms with Crippen LogP contribution in [0.1, 0.15) is 38.2 Å². The van der Waals surface area contributed by atoms with Crippen molar-refractivity contribution in [3.8, 4) is 11.5 Å². The fourth-order valence-electron chi connectivity index (χ4n) is 2.68.